The Balaban J connectivity index is 2.19. The number of likely N-dealkylation sites (tertiary alicyclic amines) is 1. The molecule has 98 valence electrons. The molecule has 1 heterocycles. The summed E-state index contributed by atoms with van der Waals surface area (Å²) >= 11 is 5.89. The third-order valence-corrected chi connectivity index (χ3v) is 3.63. The first-order chi connectivity index (χ1) is 8.49. The quantitative estimate of drug-likeness (QED) is 0.763. The van der Waals surface area contributed by atoms with E-state index in [1.54, 1.807) is 23.1 Å². The molecule has 0 aliphatic carbocycles. The van der Waals surface area contributed by atoms with Crippen LogP contribution in [0.1, 0.15) is 23.7 Å². The number of nitrogens with two attached hydrogens (primary N) is 1. The number of aliphatic hydroxyl groups excluding tert-OH is 1. The van der Waals surface area contributed by atoms with Crippen LogP contribution < -0.4 is 5.73 Å². The van der Waals surface area contributed by atoms with Gasteiger partial charge in [0.15, 0.2) is 0 Å². The van der Waals surface area contributed by atoms with Gasteiger partial charge in [0.25, 0.3) is 5.91 Å². The Morgan fingerprint density at radius 1 is 1.56 bits per heavy atom. The molecule has 1 fully saturated rings. The van der Waals surface area contributed by atoms with Gasteiger partial charge in [-0.05, 0) is 30.5 Å². The van der Waals surface area contributed by atoms with Crippen molar-refractivity contribution in [3.8, 4) is 0 Å². The van der Waals surface area contributed by atoms with Gasteiger partial charge in [-0.3, -0.25) is 4.79 Å². The first kappa shape index (κ1) is 13.2. The Kier molecular flexibility index (Phi) is 3.78. The molecule has 0 aromatic heterocycles. The molecular formula is C13H17ClN2O2. The molecule has 1 aliphatic heterocycles. The van der Waals surface area contributed by atoms with Crippen LogP contribution in [0.3, 0.4) is 0 Å². The number of hydrogen-bond acceptors (Lipinski definition) is 3. The minimum Gasteiger partial charge on any atom is -0.398 e. The second kappa shape index (κ2) is 5.16. The Hall–Kier alpha value is -1.26. The summed E-state index contributed by atoms with van der Waals surface area (Å²) in [6.45, 7) is 3.04. The highest BCUT2D eigenvalue weighted by Gasteiger charge is 2.28. The second-order valence-electron chi connectivity index (χ2n) is 4.82. The van der Waals surface area contributed by atoms with Crippen molar-refractivity contribution in [1.29, 1.82) is 0 Å². The molecule has 2 atom stereocenters. The van der Waals surface area contributed by atoms with Crippen molar-refractivity contribution < 1.29 is 9.90 Å². The zero-order valence-electron chi connectivity index (χ0n) is 10.3. The molecule has 0 spiro atoms. The summed E-state index contributed by atoms with van der Waals surface area (Å²) in [4.78, 5) is 14.1. The minimum atomic E-state index is -0.328. The summed E-state index contributed by atoms with van der Waals surface area (Å²) in [5, 5.41) is 10.2. The standard InChI is InChI=1S/C13H17ClN2O2/c1-8-7-16(5-4-12(8)17)13(18)10-6-9(14)2-3-11(10)15/h2-3,6,8,12,17H,4-5,7,15H2,1H3. The number of hydrogen-bond donors (Lipinski definition) is 2. The summed E-state index contributed by atoms with van der Waals surface area (Å²) in [6, 6.07) is 4.89. The van der Waals surface area contributed by atoms with E-state index < -0.39 is 0 Å². The highest BCUT2D eigenvalue weighted by Crippen LogP contribution is 2.23. The van der Waals surface area contributed by atoms with E-state index in [2.05, 4.69) is 0 Å². The molecule has 18 heavy (non-hydrogen) atoms. The number of nitrogens with zero attached hydrogens (tertiary/aromatic N) is 1. The molecule has 0 radical (unpaired) electrons. The Bertz CT molecular complexity index is 464. The fourth-order valence-electron chi connectivity index (χ4n) is 2.20. The molecule has 1 aromatic rings. The van der Waals surface area contributed by atoms with Crippen molar-refractivity contribution in [2.75, 3.05) is 18.8 Å². The third kappa shape index (κ3) is 2.60. The van der Waals surface area contributed by atoms with Crippen LogP contribution >= 0.6 is 11.6 Å². The van der Waals surface area contributed by atoms with Gasteiger partial charge in [0.2, 0.25) is 0 Å². The first-order valence-corrected chi connectivity index (χ1v) is 6.39. The molecule has 1 saturated heterocycles. The molecule has 5 heteroatoms. The number of aliphatic hydroxyl groups is 1. The van der Waals surface area contributed by atoms with Crippen LogP contribution in [0.2, 0.25) is 5.02 Å². The van der Waals surface area contributed by atoms with Crippen LogP contribution in [-0.4, -0.2) is 35.1 Å². The van der Waals surface area contributed by atoms with Crippen molar-refractivity contribution >= 4 is 23.2 Å². The highest BCUT2D eigenvalue weighted by atomic mass is 35.5. The van der Waals surface area contributed by atoms with E-state index in [1.165, 1.54) is 0 Å². The van der Waals surface area contributed by atoms with E-state index in [0.29, 0.717) is 35.8 Å². The molecule has 2 rings (SSSR count). The minimum absolute atomic E-state index is 0.0862. The van der Waals surface area contributed by atoms with Crippen molar-refractivity contribution in [1.82, 2.24) is 4.90 Å². The SMILES string of the molecule is CC1CN(C(=O)c2cc(Cl)ccc2N)CCC1O. The van der Waals surface area contributed by atoms with Gasteiger partial charge in [0.1, 0.15) is 0 Å². The van der Waals surface area contributed by atoms with Gasteiger partial charge in [0.05, 0.1) is 11.7 Å². The van der Waals surface area contributed by atoms with E-state index in [1.807, 2.05) is 6.92 Å². The van der Waals surface area contributed by atoms with Crippen LogP contribution in [0.4, 0.5) is 5.69 Å². The summed E-state index contributed by atoms with van der Waals surface area (Å²) in [5.41, 5.74) is 6.67. The van der Waals surface area contributed by atoms with Gasteiger partial charge in [-0.1, -0.05) is 18.5 Å². The summed E-state index contributed by atoms with van der Waals surface area (Å²) < 4.78 is 0. The molecular weight excluding hydrogens is 252 g/mol. The first-order valence-electron chi connectivity index (χ1n) is 6.01. The van der Waals surface area contributed by atoms with Crippen LogP contribution in [0.15, 0.2) is 18.2 Å². The number of carbonyl (C=O) groups excluding carboxylic acids is 1. The number of amides is 1. The zero-order valence-corrected chi connectivity index (χ0v) is 11.0. The van der Waals surface area contributed by atoms with Gasteiger partial charge in [0, 0.05) is 23.8 Å². The maximum atomic E-state index is 12.3. The molecule has 0 bridgehead atoms. The molecule has 1 aliphatic rings. The van der Waals surface area contributed by atoms with Crippen LogP contribution in [-0.2, 0) is 0 Å². The van der Waals surface area contributed by atoms with Crippen molar-refractivity contribution in [2.45, 2.75) is 19.4 Å². The lowest BCUT2D eigenvalue weighted by Gasteiger charge is -2.34. The number of piperidine rings is 1. The summed E-state index contributed by atoms with van der Waals surface area (Å²) in [7, 11) is 0. The number of nitrogen functional groups attached to an aromatic ring is 1. The van der Waals surface area contributed by atoms with Gasteiger partial charge >= 0.3 is 0 Å². The number of halogens is 1. The third-order valence-electron chi connectivity index (χ3n) is 3.39. The van der Waals surface area contributed by atoms with Crippen LogP contribution in [0.25, 0.3) is 0 Å². The van der Waals surface area contributed by atoms with Crippen LogP contribution in [0.5, 0.6) is 0 Å². The number of carbonyl (C=O) groups is 1. The second-order valence-corrected chi connectivity index (χ2v) is 5.25. The van der Waals surface area contributed by atoms with E-state index in [-0.39, 0.29) is 17.9 Å². The molecule has 0 saturated carbocycles. The highest BCUT2D eigenvalue weighted by molar-refractivity contribution is 6.31. The molecule has 3 N–H and O–H groups in total. The van der Waals surface area contributed by atoms with Crippen LogP contribution in [0, 0.1) is 5.92 Å². The van der Waals surface area contributed by atoms with E-state index >= 15 is 0 Å². The summed E-state index contributed by atoms with van der Waals surface area (Å²) in [5.74, 6) is -0.0307. The predicted molar refractivity (Wildman–Crippen MR) is 71.6 cm³/mol. The lowest BCUT2D eigenvalue weighted by atomic mass is 9.96. The largest absolute Gasteiger partial charge is 0.398 e. The summed E-state index contributed by atoms with van der Waals surface area (Å²) in [6.07, 6.45) is 0.277. The zero-order chi connectivity index (χ0) is 13.3. The smallest absolute Gasteiger partial charge is 0.256 e. The Labute approximate surface area is 111 Å². The molecule has 1 aromatic carbocycles. The van der Waals surface area contributed by atoms with E-state index in [0.717, 1.165) is 0 Å². The molecule has 4 nitrogen and oxygen atoms in total. The lowest BCUT2D eigenvalue weighted by molar-refractivity contribution is 0.0298. The maximum absolute atomic E-state index is 12.3. The Morgan fingerprint density at radius 3 is 2.94 bits per heavy atom. The fourth-order valence-corrected chi connectivity index (χ4v) is 2.37. The molecule has 1 amide bonds. The van der Waals surface area contributed by atoms with Crippen molar-refractivity contribution in [3.63, 3.8) is 0 Å². The fraction of sp³-hybridized carbons (Fsp3) is 0.462. The maximum Gasteiger partial charge on any atom is 0.256 e. The normalized spacial score (nSPS) is 24.1. The number of benzene rings is 1. The lowest BCUT2D eigenvalue weighted by Crippen LogP contribution is -2.45. The monoisotopic (exact) mass is 268 g/mol. The average molecular weight is 269 g/mol. The average Bonchev–Trinajstić information content (AvgIpc) is 2.35. The molecule has 2 unspecified atom stereocenters. The van der Waals surface area contributed by atoms with Gasteiger partial charge < -0.3 is 15.7 Å². The van der Waals surface area contributed by atoms with Gasteiger partial charge in [-0.25, -0.2) is 0 Å². The number of rotatable bonds is 1. The van der Waals surface area contributed by atoms with E-state index in [9.17, 15) is 9.90 Å². The van der Waals surface area contributed by atoms with Gasteiger partial charge in [-0.2, -0.15) is 0 Å². The number of anilines is 1. The van der Waals surface area contributed by atoms with Gasteiger partial charge in [-0.15, -0.1) is 0 Å². The van der Waals surface area contributed by atoms with Crippen molar-refractivity contribution in [3.05, 3.63) is 28.8 Å². The Morgan fingerprint density at radius 2 is 2.28 bits per heavy atom. The predicted octanol–water partition coefficient (Wildman–Crippen LogP) is 1.77. The van der Waals surface area contributed by atoms with Crippen molar-refractivity contribution in [2.24, 2.45) is 5.92 Å². The van der Waals surface area contributed by atoms with E-state index in [4.69, 9.17) is 17.3 Å². The topological polar surface area (TPSA) is 66.6 Å².